The Balaban J connectivity index is 1.76. The fourth-order valence-electron chi connectivity index (χ4n) is 2.14. The van der Waals surface area contributed by atoms with Crippen LogP contribution in [0.5, 0.6) is 0 Å². The van der Waals surface area contributed by atoms with E-state index in [1.54, 1.807) is 11.8 Å². The van der Waals surface area contributed by atoms with Crippen molar-refractivity contribution in [1.29, 1.82) is 0 Å². The molecule has 1 heterocycles. The lowest BCUT2D eigenvalue weighted by Gasteiger charge is -2.14. The molecule has 0 radical (unpaired) electrons. The highest BCUT2D eigenvalue weighted by molar-refractivity contribution is 7.99. The van der Waals surface area contributed by atoms with Crippen molar-refractivity contribution >= 4 is 22.9 Å². The molecule has 1 atom stereocenters. The molecule has 0 amide bonds. The van der Waals surface area contributed by atoms with Crippen LogP contribution in [0.1, 0.15) is 33.1 Å². The lowest BCUT2D eigenvalue weighted by atomic mass is 10.1. The highest BCUT2D eigenvalue weighted by Crippen LogP contribution is 2.24. The van der Waals surface area contributed by atoms with E-state index in [2.05, 4.69) is 24.1 Å². The number of rotatable bonds is 8. The van der Waals surface area contributed by atoms with Crippen molar-refractivity contribution in [3.8, 4) is 0 Å². The van der Waals surface area contributed by atoms with Crippen molar-refractivity contribution in [2.24, 2.45) is 0 Å². The number of benzene rings is 1. The van der Waals surface area contributed by atoms with E-state index in [-0.39, 0.29) is 0 Å². The molecule has 0 aliphatic heterocycles. The van der Waals surface area contributed by atoms with E-state index < -0.39 is 0 Å². The SMILES string of the molecule is CCNC(CC)CCCSc1nc2ccccc2o1. The van der Waals surface area contributed by atoms with E-state index in [0.29, 0.717) is 6.04 Å². The number of thioether (sulfide) groups is 1. The Morgan fingerprint density at radius 3 is 2.89 bits per heavy atom. The van der Waals surface area contributed by atoms with Crippen LogP contribution in [-0.4, -0.2) is 23.3 Å². The van der Waals surface area contributed by atoms with E-state index in [1.807, 2.05) is 24.3 Å². The Kier molecular flexibility index (Phi) is 5.73. The van der Waals surface area contributed by atoms with Gasteiger partial charge in [-0.25, -0.2) is 4.98 Å². The molecule has 4 heteroatoms. The molecule has 0 spiro atoms. The lowest BCUT2D eigenvalue weighted by Crippen LogP contribution is -2.28. The minimum atomic E-state index is 0.647. The van der Waals surface area contributed by atoms with E-state index in [1.165, 1.54) is 19.3 Å². The van der Waals surface area contributed by atoms with Gasteiger partial charge < -0.3 is 9.73 Å². The normalized spacial score (nSPS) is 12.9. The van der Waals surface area contributed by atoms with Crippen LogP contribution >= 0.6 is 11.8 Å². The summed E-state index contributed by atoms with van der Waals surface area (Å²) < 4.78 is 5.69. The molecular formula is C15H22N2OS. The van der Waals surface area contributed by atoms with Crippen molar-refractivity contribution in [3.05, 3.63) is 24.3 Å². The number of para-hydroxylation sites is 2. The van der Waals surface area contributed by atoms with Gasteiger partial charge in [0.15, 0.2) is 5.58 Å². The van der Waals surface area contributed by atoms with Crippen LogP contribution in [0.25, 0.3) is 11.1 Å². The summed E-state index contributed by atoms with van der Waals surface area (Å²) in [6.45, 7) is 5.45. The second-order valence-corrected chi connectivity index (χ2v) is 5.65. The molecule has 1 aromatic heterocycles. The van der Waals surface area contributed by atoms with Gasteiger partial charge >= 0.3 is 0 Å². The smallest absolute Gasteiger partial charge is 0.256 e. The van der Waals surface area contributed by atoms with E-state index in [0.717, 1.165) is 28.6 Å². The van der Waals surface area contributed by atoms with Gasteiger partial charge in [-0.15, -0.1) is 0 Å². The Bertz CT molecular complexity index is 465. The quantitative estimate of drug-likeness (QED) is 0.583. The summed E-state index contributed by atoms with van der Waals surface area (Å²) in [5.74, 6) is 1.06. The topological polar surface area (TPSA) is 38.1 Å². The summed E-state index contributed by atoms with van der Waals surface area (Å²) in [6, 6.07) is 8.56. The Morgan fingerprint density at radius 1 is 1.32 bits per heavy atom. The van der Waals surface area contributed by atoms with Gasteiger partial charge in [0, 0.05) is 11.8 Å². The molecule has 2 aromatic rings. The molecule has 1 N–H and O–H groups in total. The fourth-order valence-corrected chi connectivity index (χ4v) is 2.94. The molecule has 1 unspecified atom stereocenters. The maximum Gasteiger partial charge on any atom is 0.256 e. The first-order valence-corrected chi connectivity index (χ1v) is 8.03. The van der Waals surface area contributed by atoms with Crippen LogP contribution in [0.4, 0.5) is 0 Å². The van der Waals surface area contributed by atoms with Gasteiger partial charge in [0.1, 0.15) is 5.52 Å². The zero-order valence-corrected chi connectivity index (χ0v) is 12.5. The average molecular weight is 278 g/mol. The third-order valence-corrected chi connectivity index (χ3v) is 4.10. The van der Waals surface area contributed by atoms with Crippen LogP contribution in [0.3, 0.4) is 0 Å². The van der Waals surface area contributed by atoms with Crippen molar-refractivity contribution in [2.75, 3.05) is 12.3 Å². The third-order valence-electron chi connectivity index (χ3n) is 3.18. The number of hydrogen-bond acceptors (Lipinski definition) is 4. The summed E-state index contributed by atoms with van der Waals surface area (Å²) in [5, 5.41) is 4.29. The number of oxazole rings is 1. The Hall–Kier alpha value is -1.00. The zero-order chi connectivity index (χ0) is 13.5. The summed E-state index contributed by atoms with van der Waals surface area (Å²) >= 11 is 1.71. The zero-order valence-electron chi connectivity index (χ0n) is 11.7. The molecule has 19 heavy (non-hydrogen) atoms. The molecule has 0 fully saturated rings. The van der Waals surface area contributed by atoms with E-state index >= 15 is 0 Å². The van der Waals surface area contributed by atoms with Gasteiger partial charge in [0.25, 0.3) is 5.22 Å². The molecule has 3 nitrogen and oxygen atoms in total. The van der Waals surface area contributed by atoms with E-state index in [4.69, 9.17) is 4.42 Å². The largest absolute Gasteiger partial charge is 0.431 e. The van der Waals surface area contributed by atoms with E-state index in [9.17, 15) is 0 Å². The molecule has 0 aliphatic carbocycles. The molecule has 1 aromatic carbocycles. The van der Waals surface area contributed by atoms with Crippen LogP contribution < -0.4 is 5.32 Å². The maximum absolute atomic E-state index is 5.69. The number of nitrogens with zero attached hydrogens (tertiary/aromatic N) is 1. The number of fused-ring (bicyclic) bond motifs is 1. The maximum atomic E-state index is 5.69. The number of hydrogen-bond donors (Lipinski definition) is 1. The highest BCUT2D eigenvalue weighted by atomic mass is 32.2. The van der Waals surface area contributed by atoms with Gasteiger partial charge in [0.2, 0.25) is 0 Å². The van der Waals surface area contributed by atoms with Gasteiger partial charge in [-0.3, -0.25) is 0 Å². The van der Waals surface area contributed by atoms with Crippen molar-refractivity contribution in [1.82, 2.24) is 10.3 Å². The first-order valence-electron chi connectivity index (χ1n) is 7.05. The van der Waals surface area contributed by atoms with Gasteiger partial charge in [-0.1, -0.05) is 37.7 Å². The second kappa shape index (κ2) is 7.56. The number of nitrogens with one attached hydrogen (secondary N) is 1. The molecule has 0 bridgehead atoms. The number of aromatic nitrogens is 1. The van der Waals surface area contributed by atoms with Gasteiger partial charge in [0.05, 0.1) is 0 Å². The molecule has 0 saturated carbocycles. The molecule has 0 saturated heterocycles. The summed E-state index contributed by atoms with van der Waals surface area (Å²) in [5.41, 5.74) is 1.83. The van der Waals surface area contributed by atoms with Crippen molar-refractivity contribution < 1.29 is 4.42 Å². The second-order valence-electron chi connectivity index (χ2n) is 4.60. The van der Waals surface area contributed by atoms with Crippen LogP contribution in [-0.2, 0) is 0 Å². The summed E-state index contributed by atoms with van der Waals surface area (Å²) in [6.07, 6.45) is 3.61. The standard InChI is InChI=1S/C15H22N2OS/c1-3-12(16-4-2)8-7-11-19-15-17-13-9-5-6-10-14(13)18-15/h5-6,9-10,12,16H,3-4,7-8,11H2,1-2H3. The van der Waals surface area contributed by atoms with Crippen molar-refractivity contribution in [2.45, 2.75) is 44.4 Å². The van der Waals surface area contributed by atoms with Gasteiger partial charge in [-0.05, 0) is 37.9 Å². The predicted molar refractivity (Wildman–Crippen MR) is 81.7 cm³/mol. The predicted octanol–water partition coefficient (Wildman–Crippen LogP) is 4.09. The first kappa shape index (κ1) is 14.4. The summed E-state index contributed by atoms with van der Waals surface area (Å²) in [4.78, 5) is 4.47. The highest BCUT2D eigenvalue weighted by Gasteiger charge is 2.07. The molecule has 2 rings (SSSR count). The monoisotopic (exact) mass is 278 g/mol. The van der Waals surface area contributed by atoms with Gasteiger partial charge in [-0.2, -0.15) is 0 Å². The average Bonchev–Trinajstić information content (AvgIpc) is 2.85. The van der Waals surface area contributed by atoms with Crippen LogP contribution in [0.2, 0.25) is 0 Å². The fraction of sp³-hybridized carbons (Fsp3) is 0.533. The molecule has 0 aliphatic rings. The summed E-state index contributed by atoms with van der Waals surface area (Å²) in [7, 11) is 0. The molecule has 104 valence electrons. The third kappa shape index (κ3) is 4.25. The Labute approximate surface area is 119 Å². The van der Waals surface area contributed by atoms with Crippen molar-refractivity contribution in [3.63, 3.8) is 0 Å². The van der Waals surface area contributed by atoms with Crippen LogP contribution in [0, 0.1) is 0 Å². The Morgan fingerprint density at radius 2 is 2.16 bits per heavy atom. The lowest BCUT2D eigenvalue weighted by molar-refractivity contribution is 0.474. The first-order chi connectivity index (χ1) is 9.33. The molecular weight excluding hydrogens is 256 g/mol. The minimum absolute atomic E-state index is 0.647. The minimum Gasteiger partial charge on any atom is -0.431 e. The van der Waals surface area contributed by atoms with Crippen LogP contribution in [0.15, 0.2) is 33.9 Å².